The van der Waals surface area contributed by atoms with Gasteiger partial charge in [0.1, 0.15) is 12.2 Å². The van der Waals surface area contributed by atoms with Crippen LogP contribution in [0.5, 0.6) is 11.5 Å². The van der Waals surface area contributed by atoms with Gasteiger partial charge in [0.05, 0.1) is 22.8 Å². The summed E-state index contributed by atoms with van der Waals surface area (Å²) in [5, 5.41) is 26.7. The van der Waals surface area contributed by atoms with Gasteiger partial charge in [0, 0.05) is 5.56 Å². The zero-order chi connectivity index (χ0) is 28.7. The Hall–Kier alpha value is -4.31. The highest BCUT2D eigenvalue weighted by Gasteiger charge is 2.73. The molecule has 1 aliphatic heterocycles. The Morgan fingerprint density at radius 1 is 1.24 bits per heavy atom. The first-order valence-electron chi connectivity index (χ1n) is 13.3. The number of nitriles is 1. The van der Waals surface area contributed by atoms with Gasteiger partial charge in [0.25, 0.3) is 0 Å². The van der Waals surface area contributed by atoms with Crippen LogP contribution in [-0.2, 0) is 16.0 Å². The van der Waals surface area contributed by atoms with Crippen LogP contribution in [0.15, 0.2) is 30.3 Å². The summed E-state index contributed by atoms with van der Waals surface area (Å²) in [5.41, 5.74) is 0.993. The quantitative estimate of drug-likeness (QED) is 0.397. The zero-order valence-corrected chi connectivity index (χ0v) is 21.8. The first-order chi connectivity index (χ1) is 19.5. The first-order valence-corrected chi connectivity index (χ1v) is 13.3. The number of aromatic nitrogens is 3. The van der Waals surface area contributed by atoms with E-state index in [1.165, 1.54) is 28.9 Å². The predicted molar refractivity (Wildman–Crippen MR) is 134 cm³/mol. The Labute approximate surface area is 231 Å². The average molecular weight is 568 g/mol. The Morgan fingerprint density at radius 2 is 2.00 bits per heavy atom. The molecule has 2 N–H and O–H groups in total. The maximum absolute atomic E-state index is 14.9. The number of alkyl halides is 2. The number of anilines is 1. The van der Waals surface area contributed by atoms with E-state index < -0.39 is 41.2 Å². The van der Waals surface area contributed by atoms with E-state index in [1.54, 1.807) is 13.0 Å². The number of hydrogen-bond donors (Lipinski definition) is 2. The van der Waals surface area contributed by atoms with E-state index in [2.05, 4.69) is 30.9 Å². The van der Waals surface area contributed by atoms with Gasteiger partial charge in [-0.2, -0.15) is 10.4 Å². The van der Waals surface area contributed by atoms with E-state index in [9.17, 15) is 28.3 Å². The third kappa shape index (κ3) is 4.00. The predicted octanol–water partition coefficient (Wildman–Crippen LogP) is 5.17. The van der Waals surface area contributed by atoms with Gasteiger partial charge < -0.3 is 24.6 Å². The van der Waals surface area contributed by atoms with Crippen LogP contribution in [0.25, 0.3) is 5.82 Å². The maximum atomic E-state index is 14.9. The van der Waals surface area contributed by atoms with Crippen molar-refractivity contribution in [3.05, 3.63) is 58.7 Å². The van der Waals surface area contributed by atoms with Crippen LogP contribution in [0.1, 0.15) is 73.7 Å². The highest BCUT2D eigenvalue weighted by atomic mass is 19.3. The SMILES string of the molecule is C[C@H](Nc1nc(-n2nc(C#N)c3c2[C@H](OC24CC(C(=O)O)(C2)C4)CCC3)ccc1F)c1ccc2c(c1)OC(F)(F)O2. The Morgan fingerprint density at radius 3 is 2.73 bits per heavy atom. The molecule has 3 aromatic rings. The van der Waals surface area contributed by atoms with Crippen molar-refractivity contribution in [3.63, 3.8) is 0 Å². The molecule has 13 heteroatoms. The summed E-state index contributed by atoms with van der Waals surface area (Å²) in [6, 6.07) is 8.57. The van der Waals surface area contributed by atoms with Crippen LogP contribution in [-0.4, -0.2) is 37.7 Å². The number of benzene rings is 1. The molecule has 8 rings (SSSR count). The number of nitrogens with one attached hydrogen (secondary N) is 1. The molecule has 0 unspecified atom stereocenters. The molecule has 4 aliphatic carbocycles. The molecule has 10 nitrogen and oxygen atoms in total. The summed E-state index contributed by atoms with van der Waals surface area (Å²) >= 11 is 0. The summed E-state index contributed by atoms with van der Waals surface area (Å²) in [6.07, 6.45) is -0.733. The van der Waals surface area contributed by atoms with Crippen molar-refractivity contribution >= 4 is 11.8 Å². The third-order valence-corrected chi connectivity index (χ3v) is 8.48. The molecule has 5 aliphatic rings. The lowest BCUT2D eigenvalue weighted by atomic mass is 9.41. The van der Waals surface area contributed by atoms with Crippen molar-refractivity contribution in [3.8, 4) is 23.4 Å². The van der Waals surface area contributed by atoms with Gasteiger partial charge in [-0.3, -0.25) is 4.79 Å². The molecule has 41 heavy (non-hydrogen) atoms. The summed E-state index contributed by atoms with van der Waals surface area (Å²) in [5.74, 6) is -1.50. The van der Waals surface area contributed by atoms with Crippen LogP contribution in [0.3, 0.4) is 0 Å². The normalized spacial score (nSPS) is 27.1. The van der Waals surface area contributed by atoms with Crippen molar-refractivity contribution < 1.29 is 37.3 Å². The molecule has 0 radical (unpaired) electrons. The monoisotopic (exact) mass is 567 g/mol. The van der Waals surface area contributed by atoms with Crippen LogP contribution in [0, 0.1) is 22.6 Å². The molecule has 212 valence electrons. The largest absolute Gasteiger partial charge is 0.586 e. The molecule has 2 atom stereocenters. The Bertz CT molecular complexity index is 1630. The number of nitrogens with zero attached hydrogens (tertiary/aromatic N) is 4. The molecule has 3 heterocycles. The summed E-state index contributed by atoms with van der Waals surface area (Å²) in [6.45, 7) is 1.71. The number of hydrogen-bond acceptors (Lipinski definition) is 8. The minimum atomic E-state index is -3.75. The van der Waals surface area contributed by atoms with Gasteiger partial charge in [-0.05, 0) is 75.3 Å². The summed E-state index contributed by atoms with van der Waals surface area (Å²) in [4.78, 5) is 16.0. The van der Waals surface area contributed by atoms with Gasteiger partial charge in [-0.1, -0.05) is 6.07 Å². The fourth-order valence-electron chi connectivity index (χ4n) is 6.54. The summed E-state index contributed by atoms with van der Waals surface area (Å²) in [7, 11) is 0. The number of fused-ring (bicyclic) bond motifs is 2. The van der Waals surface area contributed by atoms with Crippen LogP contribution in [0.4, 0.5) is 19.0 Å². The third-order valence-electron chi connectivity index (χ3n) is 8.48. The topological polar surface area (TPSA) is 132 Å². The number of carboxylic acid groups (broad SMARTS) is 1. The highest BCUT2D eigenvalue weighted by molar-refractivity contribution is 5.79. The second kappa shape index (κ2) is 8.59. The number of aliphatic carboxylic acids is 1. The van der Waals surface area contributed by atoms with E-state index in [0.29, 0.717) is 43.4 Å². The molecular weight excluding hydrogens is 543 g/mol. The zero-order valence-electron chi connectivity index (χ0n) is 21.8. The second-order valence-electron chi connectivity index (χ2n) is 11.3. The summed E-state index contributed by atoms with van der Waals surface area (Å²) < 4.78 is 58.8. The minimum absolute atomic E-state index is 0.0947. The fraction of sp³-hybridized carbons (Fsp3) is 0.429. The van der Waals surface area contributed by atoms with Crippen molar-refractivity contribution in [1.82, 2.24) is 14.8 Å². The molecule has 0 saturated heterocycles. The molecule has 0 spiro atoms. The number of carbonyl (C=O) groups is 1. The van der Waals surface area contributed by atoms with Gasteiger partial charge in [0.2, 0.25) is 0 Å². The number of rotatable bonds is 7. The lowest BCUT2D eigenvalue weighted by Crippen LogP contribution is -2.71. The van der Waals surface area contributed by atoms with Crippen LogP contribution in [0.2, 0.25) is 0 Å². The van der Waals surface area contributed by atoms with Crippen molar-refractivity contribution in [2.24, 2.45) is 5.41 Å². The minimum Gasteiger partial charge on any atom is -0.481 e. The number of pyridine rings is 1. The maximum Gasteiger partial charge on any atom is 0.586 e. The van der Waals surface area contributed by atoms with E-state index in [1.807, 2.05) is 0 Å². The molecule has 0 amide bonds. The Kier molecular flexibility index (Phi) is 5.38. The van der Waals surface area contributed by atoms with Crippen molar-refractivity contribution in [2.45, 2.75) is 69.5 Å². The Balaban J connectivity index is 1.17. The van der Waals surface area contributed by atoms with Crippen molar-refractivity contribution in [2.75, 3.05) is 5.32 Å². The lowest BCUT2D eigenvalue weighted by Gasteiger charge is -2.67. The van der Waals surface area contributed by atoms with Gasteiger partial charge in [-0.15, -0.1) is 8.78 Å². The van der Waals surface area contributed by atoms with Gasteiger partial charge >= 0.3 is 12.3 Å². The first kappa shape index (κ1) is 25.6. The molecule has 3 saturated carbocycles. The van der Waals surface area contributed by atoms with E-state index >= 15 is 0 Å². The number of ether oxygens (including phenoxy) is 3. The van der Waals surface area contributed by atoms with Gasteiger partial charge in [0.15, 0.2) is 34.6 Å². The van der Waals surface area contributed by atoms with Crippen LogP contribution < -0.4 is 14.8 Å². The van der Waals surface area contributed by atoms with Gasteiger partial charge in [-0.25, -0.2) is 14.1 Å². The smallest absolute Gasteiger partial charge is 0.481 e. The fourth-order valence-corrected chi connectivity index (χ4v) is 6.54. The van der Waals surface area contributed by atoms with E-state index in [0.717, 1.165) is 12.0 Å². The average Bonchev–Trinajstić information content (AvgIpc) is 3.42. The number of carboxylic acids is 1. The number of halogens is 3. The molecule has 1 aromatic carbocycles. The highest BCUT2D eigenvalue weighted by Crippen LogP contribution is 2.70. The molecular formula is C28H24F3N5O5. The molecule has 2 bridgehead atoms. The van der Waals surface area contributed by atoms with Crippen molar-refractivity contribution in [1.29, 1.82) is 5.26 Å². The van der Waals surface area contributed by atoms with E-state index in [-0.39, 0.29) is 28.8 Å². The lowest BCUT2D eigenvalue weighted by molar-refractivity contribution is -0.300. The van der Waals surface area contributed by atoms with Crippen LogP contribution >= 0.6 is 0 Å². The molecule has 2 aromatic heterocycles. The van der Waals surface area contributed by atoms with E-state index in [4.69, 9.17) is 4.74 Å². The standard InChI is InChI=1S/C28H24F3N5O5/c1-14(15-5-7-19-21(9-15)41-28(30,31)40-19)33-24-17(29)6-8-22(34-24)36-23-16(18(10-32)35-36)3-2-4-20(23)39-27-11-26(12-27,13-27)25(37)38/h5-9,14,20H,2-4,11-13H2,1H3,(H,33,34)(H,37,38)/t14-,20+,26?,27?/m0/s1. The molecule has 3 fully saturated rings. The second-order valence-corrected chi connectivity index (χ2v) is 11.3.